The van der Waals surface area contributed by atoms with E-state index >= 15 is 0 Å². The molecule has 112 valence electrons. The molecule has 1 aliphatic heterocycles. The largest absolute Gasteiger partial charge is 0.348 e. The fraction of sp³-hybridized carbons (Fsp3) is 0.471. The molecule has 3 rings (SSSR count). The van der Waals surface area contributed by atoms with Crippen LogP contribution in [0, 0.1) is 12.7 Å². The lowest BCUT2D eigenvalue weighted by Gasteiger charge is -2.35. The fourth-order valence-corrected chi connectivity index (χ4v) is 3.14. The summed E-state index contributed by atoms with van der Waals surface area (Å²) < 4.78 is 14.4. The van der Waals surface area contributed by atoms with Gasteiger partial charge in [0.15, 0.2) is 0 Å². The minimum absolute atomic E-state index is 0.0635. The molecule has 0 amide bonds. The Morgan fingerprint density at radius 1 is 1.43 bits per heavy atom. The minimum Gasteiger partial charge on any atom is -0.348 e. The average molecular weight is 287 g/mol. The van der Waals surface area contributed by atoms with Crippen molar-refractivity contribution < 1.29 is 4.39 Å². The molecule has 0 fully saturated rings. The van der Waals surface area contributed by atoms with E-state index in [1.807, 2.05) is 19.1 Å². The monoisotopic (exact) mass is 287 g/mol. The number of aromatic nitrogens is 2. The van der Waals surface area contributed by atoms with Crippen LogP contribution >= 0.6 is 0 Å². The molecule has 1 N–H and O–H groups in total. The number of aromatic amines is 1. The number of benzene rings is 1. The van der Waals surface area contributed by atoms with E-state index in [2.05, 4.69) is 21.8 Å². The number of unbranched alkanes of at least 4 members (excludes halogenated alkanes) is 1. The van der Waals surface area contributed by atoms with Gasteiger partial charge in [0.05, 0.1) is 18.1 Å². The van der Waals surface area contributed by atoms with E-state index in [9.17, 15) is 4.39 Å². The van der Waals surface area contributed by atoms with Gasteiger partial charge in [-0.3, -0.25) is 4.90 Å². The molecular formula is C17H22FN3. The number of imidazole rings is 1. The first-order chi connectivity index (χ1) is 10.2. The second-order valence-corrected chi connectivity index (χ2v) is 5.83. The number of nitrogens with one attached hydrogen (secondary N) is 1. The van der Waals surface area contributed by atoms with Crippen molar-refractivity contribution >= 4 is 0 Å². The molecular weight excluding hydrogens is 265 g/mol. The number of nitrogens with zero attached hydrogens (tertiary/aromatic N) is 2. The van der Waals surface area contributed by atoms with Gasteiger partial charge in [-0.05, 0) is 26.0 Å². The summed E-state index contributed by atoms with van der Waals surface area (Å²) in [5, 5.41) is 0. The molecule has 3 nitrogen and oxygen atoms in total. The standard InChI is InChI=1S/C17H22FN3/c1-3-4-8-21-9-7-15-16(20-11-19-15)17(21)13-10-12(2)5-6-14(13)18/h5-6,10-11,17H,3-4,7-9H2,1-2H3,(H,19,20)/t17-/m0/s1. The Morgan fingerprint density at radius 2 is 2.29 bits per heavy atom. The summed E-state index contributed by atoms with van der Waals surface area (Å²) in [7, 11) is 0. The zero-order chi connectivity index (χ0) is 14.8. The summed E-state index contributed by atoms with van der Waals surface area (Å²) >= 11 is 0. The third kappa shape index (κ3) is 2.72. The van der Waals surface area contributed by atoms with Gasteiger partial charge in [-0.1, -0.05) is 31.0 Å². The molecule has 0 saturated heterocycles. The Bertz CT molecular complexity index is 620. The average Bonchev–Trinajstić information content (AvgIpc) is 2.95. The van der Waals surface area contributed by atoms with Crippen LogP contribution in [0.5, 0.6) is 0 Å². The van der Waals surface area contributed by atoms with Gasteiger partial charge in [-0.25, -0.2) is 9.37 Å². The summed E-state index contributed by atoms with van der Waals surface area (Å²) in [6, 6.07) is 5.29. The number of rotatable bonds is 4. The van der Waals surface area contributed by atoms with E-state index in [0.717, 1.165) is 54.9 Å². The van der Waals surface area contributed by atoms with Crippen molar-refractivity contribution in [3.05, 3.63) is 52.9 Å². The van der Waals surface area contributed by atoms with Crippen molar-refractivity contribution in [1.82, 2.24) is 14.9 Å². The number of halogens is 1. The predicted octanol–water partition coefficient (Wildman–Crippen LogP) is 3.60. The molecule has 1 atom stereocenters. The lowest BCUT2D eigenvalue weighted by Crippen LogP contribution is -2.37. The van der Waals surface area contributed by atoms with Gasteiger partial charge in [0, 0.05) is 24.2 Å². The van der Waals surface area contributed by atoms with E-state index in [1.54, 1.807) is 12.4 Å². The van der Waals surface area contributed by atoms with Crippen LogP contribution in [0.1, 0.15) is 48.3 Å². The van der Waals surface area contributed by atoms with Crippen LogP contribution in [-0.2, 0) is 6.42 Å². The molecule has 2 heterocycles. The van der Waals surface area contributed by atoms with E-state index in [4.69, 9.17) is 0 Å². The van der Waals surface area contributed by atoms with Crippen molar-refractivity contribution in [2.24, 2.45) is 0 Å². The molecule has 0 aliphatic carbocycles. The fourth-order valence-electron chi connectivity index (χ4n) is 3.14. The molecule has 0 radical (unpaired) electrons. The van der Waals surface area contributed by atoms with E-state index in [0.29, 0.717) is 0 Å². The SMILES string of the molecule is CCCCN1CCc2[nH]cnc2[C@@H]1c1cc(C)ccc1F. The molecule has 1 aromatic carbocycles. The van der Waals surface area contributed by atoms with E-state index in [1.165, 1.54) is 0 Å². The first-order valence-electron chi connectivity index (χ1n) is 7.73. The Kier molecular flexibility index (Phi) is 4.06. The van der Waals surface area contributed by atoms with Crippen molar-refractivity contribution in [3.63, 3.8) is 0 Å². The second kappa shape index (κ2) is 5.98. The van der Waals surface area contributed by atoms with Crippen LogP contribution in [0.4, 0.5) is 4.39 Å². The number of hydrogen-bond donors (Lipinski definition) is 1. The Balaban J connectivity index is 2.03. The maximum absolute atomic E-state index is 14.4. The summed E-state index contributed by atoms with van der Waals surface area (Å²) in [4.78, 5) is 10.1. The van der Waals surface area contributed by atoms with Crippen molar-refractivity contribution in [2.45, 2.75) is 39.2 Å². The minimum atomic E-state index is -0.136. The highest BCUT2D eigenvalue weighted by molar-refractivity contribution is 5.35. The summed E-state index contributed by atoms with van der Waals surface area (Å²) in [5.41, 5.74) is 3.97. The number of fused-ring (bicyclic) bond motifs is 1. The third-order valence-corrected chi connectivity index (χ3v) is 4.27. The molecule has 4 heteroatoms. The Labute approximate surface area is 125 Å². The second-order valence-electron chi connectivity index (χ2n) is 5.83. The van der Waals surface area contributed by atoms with Crippen molar-refractivity contribution in [2.75, 3.05) is 13.1 Å². The van der Waals surface area contributed by atoms with Gasteiger partial charge in [-0.15, -0.1) is 0 Å². The van der Waals surface area contributed by atoms with Gasteiger partial charge in [0.1, 0.15) is 5.82 Å². The first-order valence-corrected chi connectivity index (χ1v) is 7.73. The lowest BCUT2D eigenvalue weighted by molar-refractivity contribution is 0.202. The highest BCUT2D eigenvalue weighted by atomic mass is 19.1. The topological polar surface area (TPSA) is 31.9 Å². The molecule has 0 saturated carbocycles. The van der Waals surface area contributed by atoms with Crippen molar-refractivity contribution in [1.29, 1.82) is 0 Å². The van der Waals surface area contributed by atoms with Gasteiger partial charge >= 0.3 is 0 Å². The number of hydrogen-bond acceptors (Lipinski definition) is 2. The van der Waals surface area contributed by atoms with E-state index < -0.39 is 0 Å². The van der Waals surface area contributed by atoms with Gasteiger partial charge in [-0.2, -0.15) is 0 Å². The van der Waals surface area contributed by atoms with Gasteiger partial charge in [0.2, 0.25) is 0 Å². The van der Waals surface area contributed by atoms with Crippen LogP contribution in [-0.4, -0.2) is 28.0 Å². The smallest absolute Gasteiger partial charge is 0.128 e. The summed E-state index contributed by atoms with van der Waals surface area (Å²) in [5.74, 6) is -0.136. The van der Waals surface area contributed by atoms with Gasteiger partial charge < -0.3 is 4.98 Å². The molecule has 21 heavy (non-hydrogen) atoms. The van der Waals surface area contributed by atoms with Crippen LogP contribution in [0.2, 0.25) is 0 Å². The zero-order valence-electron chi connectivity index (χ0n) is 12.7. The third-order valence-electron chi connectivity index (χ3n) is 4.27. The maximum atomic E-state index is 14.4. The molecule has 1 aliphatic rings. The first kappa shape index (κ1) is 14.3. The quantitative estimate of drug-likeness (QED) is 0.931. The molecule has 0 spiro atoms. The normalized spacial score (nSPS) is 18.7. The van der Waals surface area contributed by atoms with Gasteiger partial charge in [0.25, 0.3) is 0 Å². The Morgan fingerprint density at radius 3 is 3.10 bits per heavy atom. The summed E-state index contributed by atoms with van der Waals surface area (Å²) in [6.07, 6.45) is 4.97. The molecule has 1 aromatic heterocycles. The zero-order valence-corrected chi connectivity index (χ0v) is 12.7. The van der Waals surface area contributed by atoms with Crippen LogP contribution in [0.25, 0.3) is 0 Å². The maximum Gasteiger partial charge on any atom is 0.128 e. The molecule has 2 aromatic rings. The summed E-state index contributed by atoms with van der Waals surface area (Å²) in [6.45, 7) is 6.13. The number of H-pyrrole nitrogens is 1. The lowest BCUT2D eigenvalue weighted by atomic mass is 9.94. The Hall–Kier alpha value is -1.68. The molecule has 0 unspecified atom stereocenters. The van der Waals surface area contributed by atoms with Crippen LogP contribution in [0.15, 0.2) is 24.5 Å². The highest BCUT2D eigenvalue weighted by Gasteiger charge is 2.32. The number of aryl methyl sites for hydroxylation is 1. The van der Waals surface area contributed by atoms with Crippen LogP contribution < -0.4 is 0 Å². The van der Waals surface area contributed by atoms with E-state index in [-0.39, 0.29) is 11.9 Å². The van der Waals surface area contributed by atoms with Crippen molar-refractivity contribution in [3.8, 4) is 0 Å². The van der Waals surface area contributed by atoms with Crippen LogP contribution in [0.3, 0.4) is 0 Å². The highest BCUT2D eigenvalue weighted by Crippen LogP contribution is 2.35. The predicted molar refractivity (Wildman–Crippen MR) is 81.8 cm³/mol. The molecule has 0 bridgehead atoms.